The molecule has 0 aliphatic carbocycles. The molecule has 1 rings (SSSR count). The predicted molar refractivity (Wildman–Crippen MR) is 59.4 cm³/mol. The normalized spacial score (nSPS) is 15.5. The standard InChI is InChI=1S/C12H15F4NO/c1-3-10(18-2)11(17)7-4-5-8(9(13)6-7)12(14,15)16/h4-6,10-11H,3,17H2,1-2H3. The fourth-order valence-electron chi connectivity index (χ4n) is 1.75. The Bertz CT molecular complexity index is 402. The fraction of sp³-hybridized carbons (Fsp3) is 0.500. The number of nitrogens with two attached hydrogens (primary N) is 1. The Morgan fingerprint density at radius 2 is 1.94 bits per heavy atom. The van der Waals surface area contributed by atoms with Crippen LogP contribution >= 0.6 is 0 Å². The van der Waals surface area contributed by atoms with E-state index in [4.69, 9.17) is 10.5 Å². The SMILES string of the molecule is CCC(OC)C(N)c1ccc(C(F)(F)F)c(F)c1. The third kappa shape index (κ3) is 3.20. The highest BCUT2D eigenvalue weighted by molar-refractivity contribution is 5.29. The first-order valence-corrected chi connectivity index (χ1v) is 5.46. The molecule has 1 aromatic carbocycles. The lowest BCUT2D eigenvalue weighted by molar-refractivity contribution is -0.140. The van der Waals surface area contributed by atoms with E-state index in [1.54, 1.807) is 0 Å². The van der Waals surface area contributed by atoms with Gasteiger partial charge in [-0.25, -0.2) is 4.39 Å². The molecule has 0 aromatic heterocycles. The lowest BCUT2D eigenvalue weighted by Gasteiger charge is -2.22. The van der Waals surface area contributed by atoms with Gasteiger partial charge in [0.2, 0.25) is 0 Å². The first kappa shape index (κ1) is 14.9. The summed E-state index contributed by atoms with van der Waals surface area (Å²) in [6.07, 6.45) is -4.47. The smallest absolute Gasteiger partial charge is 0.379 e. The maximum absolute atomic E-state index is 13.4. The topological polar surface area (TPSA) is 35.2 Å². The lowest BCUT2D eigenvalue weighted by atomic mass is 9.99. The van der Waals surface area contributed by atoms with E-state index in [0.717, 1.165) is 6.07 Å². The van der Waals surface area contributed by atoms with E-state index in [1.807, 2.05) is 6.92 Å². The van der Waals surface area contributed by atoms with E-state index in [0.29, 0.717) is 12.5 Å². The molecule has 0 bridgehead atoms. The Labute approximate surface area is 103 Å². The van der Waals surface area contributed by atoms with Gasteiger partial charge in [0.25, 0.3) is 0 Å². The summed E-state index contributed by atoms with van der Waals surface area (Å²) in [4.78, 5) is 0. The molecule has 0 radical (unpaired) electrons. The van der Waals surface area contributed by atoms with Crippen molar-refractivity contribution in [1.29, 1.82) is 0 Å². The van der Waals surface area contributed by atoms with Crippen molar-refractivity contribution in [2.45, 2.75) is 31.7 Å². The van der Waals surface area contributed by atoms with E-state index in [1.165, 1.54) is 13.2 Å². The van der Waals surface area contributed by atoms with Crippen LogP contribution in [0.15, 0.2) is 18.2 Å². The maximum Gasteiger partial charge on any atom is 0.419 e. The van der Waals surface area contributed by atoms with Crippen LogP contribution in [-0.4, -0.2) is 13.2 Å². The molecule has 0 heterocycles. The third-order valence-corrected chi connectivity index (χ3v) is 2.79. The minimum absolute atomic E-state index is 0.286. The molecule has 18 heavy (non-hydrogen) atoms. The Morgan fingerprint density at radius 1 is 1.33 bits per heavy atom. The summed E-state index contributed by atoms with van der Waals surface area (Å²) in [5, 5.41) is 0. The molecule has 0 saturated carbocycles. The molecule has 2 atom stereocenters. The Balaban J connectivity index is 3.04. The molecule has 102 valence electrons. The second-order valence-corrected chi connectivity index (χ2v) is 3.95. The summed E-state index contributed by atoms with van der Waals surface area (Å²) in [7, 11) is 1.45. The van der Waals surface area contributed by atoms with Gasteiger partial charge in [0.1, 0.15) is 5.82 Å². The van der Waals surface area contributed by atoms with E-state index in [9.17, 15) is 17.6 Å². The molecule has 2 nitrogen and oxygen atoms in total. The summed E-state index contributed by atoms with van der Waals surface area (Å²) >= 11 is 0. The molecule has 0 spiro atoms. The highest BCUT2D eigenvalue weighted by Crippen LogP contribution is 2.32. The molecule has 0 fully saturated rings. The van der Waals surface area contributed by atoms with Crippen LogP contribution in [-0.2, 0) is 10.9 Å². The molecule has 0 amide bonds. The second-order valence-electron chi connectivity index (χ2n) is 3.95. The Morgan fingerprint density at radius 3 is 2.33 bits per heavy atom. The number of rotatable bonds is 4. The zero-order valence-electron chi connectivity index (χ0n) is 10.1. The van der Waals surface area contributed by atoms with Crippen molar-refractivity contribution in [3.63, 3.8) is 0 Å². The molecule has 2 N–H and O–H groups in total. The van der Waals surface area contributed by atoms with Crippen LogP contribution in [0, 0.1) is 5.82 Å². The van der Waals surface area contributed by atoms with Gasteiger partial charge in [-0.1, -0.05) is 13.0 Å². The lowest BCUT2D eigenvalue weighted by Crippen LogP contribution is -2.27. The van der Waals surface area contributed by atoms with Crippen LogP contribution in [0.5, 0.6) is 0 Å². The summed E-state index contributed by atoms with van der Waals surface area (Å²) in [5.41, 5.74) is 4.81. The first-order chi connectivity index (χ1) is 8.31. The zero-order chi connectivity index (χ0) is 13.9. The average Bonchev–Trinajstić information content (AvgIpc) is 2.28. The number of hydrogen-bond donors (Lipinski definition) is 1. The summed E-state index contributed by atoms with van der Waals surface area (Å²) < 4.78 is 55.6. The number of methoxy groups -OCH3 is 1. The molecule has 0 saturated heterocycles. The van der Waals surface area contributed by atoms with Crippen molar-refractivity contribution in [1.82, 2.24) is 0 Å². The zero-order valence-corrected chi connectivity index (χ0v) is 10.1. The average molecular weight is 265 g/mol. The quantitative estimate of drug-likeness (QED) is 0.848. The molecule has 1 aromatic rings. The maximum atomic E-state index is 13.4. The molecule has 0 aliphatic rings. The van der Waals surface area contributed by atoms with Crippen molar-refractivity contribution < 1.29 is 22.3 Å². The van der Waals surface area contributed by atoms with Crippen molar-refractivity contribution >= 4 is 0 Å². The third-order valence-electron chi connectivity index (χ3n) is 2.79. The van der Waals surface area contributed by atoms with E-state index in [-0.39, 0.29) is 11.7 Å². The Hall–Kier alpha value is -1.14. The van der Waals surface area contributed by atoms with Crippen LogP contribution < -0.4 is 5.73 Å². The van der Waals surface area contributed by atoms with Crippen molar-refractivity contribution in [2.75, 3.05) is 7.11 Å². The number of ether oxygens (including phenoxy) is 1. The van der Waals surface area contributed by atoms with Gasteiger partial charge < -0.3 is 10.5 Å². The van der Waals surface area contributed by atoms with Gasteiger partial charge in [-0.15, -0.1) is 0 Å². The Kier molecular flexibility index (Phi) is 4.70. The summed E-state index contributed by atoms with van der Waals surface area (Å²) in [5.74, 6) is -1.32. The van der Waals surface area contributed by atoms with E-state index in [2.05, 4.69) is 0 Å². The van der Waals surface area contributed by atoms with Crippen molar-refractivity contribution in [3.05, 3.63) is 35.1 Å². The highest BCUT2D eigenvalue weighted by atomic mass is 19.4. The molecular weight excluding hydrogens is 250 g/mol. The van der Waals surface area contributed by atoms with Gasteiger partial charge in [0.05, 0.1) is 17.7 Å². The second kappa shape index (κ2) is 5.67. The monoisotopic (exact) mass is 265 g/mol. The van der Waals surface area contributed by atoms with Crippen LogP contribution in [0.25, 0.3) is 0 Å². The molecule has 0 aliphatic heterocycles. The predicted octanol–water partition coefficient (Wildman–Crippen LogP) is 3.27. The number of benzene rings is 1. The number of hydrogen-bond acceptors (Lipinski definition) is 2. The molecule has 2 unspecified atom stereocenters. The van der Waals surface area contributed by atoms with Crippen LogP contribution in [0.4, 0.5) is 17.6 Å². The fourth-order valence-corrected chi connectivity index (χ4v) is 1.75. The van der Waals surface area contributed by atoms with Gasteiger partial charge in [-0.3, -0.25) is 0 Å². The van der Waals surface area contributed by atoms with Crippen molar-refractivity contribution in [2.24, 2.45) is 5.73 Å². The van der Waals surface area contributed by atoms with E-state index < -0.39 is 23.6 Å². The van der Waals surface area contributed by atoms with Gasteiger partial charge in [0, 0.05) is 7.11 Å². The number of alkyl halides is 3. The first-order valence-electron chi connectivity index (χ1n) is 5.46. The number of halogens is 4. The minimum atomic E-state index is -4.70. The molecule has 6 heteroatoms. The van der Waals surface area contributed by atoms with Crippen molar-refractivity contribution in [3.8, 4) is 0 Å². The summed E-state index contributed by atoms with van der Waals surface area (Å²) in [6, 6.07) is 2.04. The largest absolute Gasteiger partial charge is 0.419 e. The highest BCUT2D eigenvalue weighted by Gasteiger charge is 2.34. The molecular formula is C12H15F4NO. The summed E-state index contributed by atoms with van der Waals surface area (Å²) in [6.45, 7) is 1.83. The van der Waals surface area contributed by atoms with E-state index >= 15 is 0 Å². The van der Waals surface area contributed by atoms with Gasteiger partial charge in [-0.2, -0.15) is 13.2 Å². The van der Waals surface area contributed by atoms with Gasteiger partial charge >= 0.3 is 6.18 Å². The van der Waals surface area contributed by atoms with Crippen LogP contribution in [0.1, 0.15) is 30.5 Å². The van der Waals surface area contributed by atoms with Gasteiger partial charge in [0.15, 0.2) is 0 Å². The van der Waals surface area contributed by atoms with Crippen LogP contribution in [0.2, 0.25) is 0 Å². The van der Waals surface area contributed by atoms with Gasteiger partial charge in [-0.05, 0) is 24.1 Å². The van der Waals surface area contributed by atoms with Crippen LogP contribution in [0.3, 0.4) is 0 Å². The minimum Gasteiger partial charge on any atom is -0.379 e.